The van der Waals surface area contributed by atoms with E-state index in [1.165, 1.54) is 26.3 Å². The van der Waals surface area contributed by atoms with Crippen molar-refractivity contribution >= 4 is 24.2 Å². The van der Waals surface area contributed by atoms with Gasteiger partial charge < -0.3 is 44.2 Å². The first-order valence-corrected chi connectivity index (χ1v) is 19.0. The molecule has 0 radical (unpaired) electrons. The second-order valence-electron chi connectivity index (χ2n) is 18.6. The van der Waals surface area contributed by atoms with Crippen LogP contribution >= 0.6 is 0 Å². The third kappa shape index (κ3) is 6.56. The molecular weight excluding hydrogens is 672 g/mol. The Balaban J connectivity index is 1.53. The van der Waals surface area contributed by atoms with Gasteiger partial charge in [-0.05, 0) is 94.8 Å². The minimum Gasteiger partial charge on any atom is -0.458 e. The molecule has 0 aromatic heterocycles. The van der Waals surface area contributed by atoms with E-state index in [1.807, 2.05) is 13.8 Å². The molecule has 13 atom stereocenters. The van der Waals surface area contributed by atoms with E-state index in [4.69, 9.17) is 18.9 Å². The van der Waals surface area contributed by atoms with Gasteiger partial charge in [0.15, 0.2) is 6.10 Å². The molecule has 0 amide bonds. The van der Waals surface area contributed by atoms with E-state index in [9.17, 15) is 39.6 Å². The number of allylic oxidation sites excluding steroid dienone is 1. The number of hydrogen-bond acceptors (Lipinski definition) is 12. The van der Waals surface area contributed by atoms with Crippen LogP contribution in [0.4, 0.5) is 0 Å². The molecule has 1 saturated heterocycles. The number of fused-ring (bicyclic) bond motifs is 4. The maximum Gasteiger partial charge on any atom is 0.338 e. The first-order valence-electron chi connectivity index (χ1n) is 19.0. The van der Waals surface area contributed by atoms with Crippen molar-refractivity contribution in [2.75, 3.05) is 0 Å². The zero-order valence-electron chi connectivity index (χ0n) is 32.7. The molecule has 0 aromatic rings. The van der Waals surface area contributed by atoms with Crippen molar-refractivity contribution in [3.8, 4) is 0 Å². The van der Waals surface area contributed by atoms with Crippen molar-refractivity contribution in [2.45, 2.75) is 175 Å². The fraction of sp³-hybridized carbons (Fsp3) is 0.850. The van der Waals surface area contributed by atoms with E-state index in [1.54, 1.807) is 13.8 Å². The summed E-state index contributed by atoms with van der Waals surface area (Å²) in [7, 11) is 0. The molecule has 5 aliphatic rings. The van der Waals surface area contributed by atoms with Crippen molar-refractivity contribution in [3.05, 3.63) is 11.1 Å². The Labute approximate surface area is 308 Å². The van der Waals surface area contributed by atoms with Crippen LogP contribution in [0.3, 0.4) is 0 Å². The van der Waals surface area contributed by atoms with E-state index in [2.05, 4.69) is 20.8 Å². The van der Waals surface area contributed by atoms with E-state index in [0.29, 0.717) is 25.5 Å². The predicted octanol–water partition coefficient (Wildman–Crippen LogP) is 4.32. The Hall–Kier alpha value is -2.38. The lowest BCUT2D eigenvalue weighted by atomic mass is 9.42. The molecule has 0 unspecified atom stereocenters. The van der Waals surface area contributed by atoms with Crippen LogP contribution in [0, 0.1) is 39.4 Å². The average Bonchev–Trinajstić information content (AvgIpc) is 3.30. The van der Waals surface area contributed by atoms with E-state index >= 15 is 0 Å². The number of hydrogen-bond donors (Lipinski definition) is 4. The minimum atomic E-state index is -2.05. The third-order valence-corrected chi connectivity index (χ3v) is 14.6. The van der Waals surface area contributed by atoms with Gasteiger partial charge in [0.25, 0.3) is 0 Å². The van der Waals surface area contributed by atoms with Crippen molar-refractivity contribution in [1.29, 1.82) is 0 Å². The number of rotatable bonds is 9. The van der Waals surface area contributed by atoms with Crippen molar-refractivity contribution in [3.63, 3.8) is 0 Å². The lowest BCUT2D eigenvalue weighted by Crippen LogP contribution is -2.63. The van der Waals surface area contributed by atoms with Crippen LogP contribution in [0.1, 0.15) is 127 Å². The van der Waals surface area contributed by atoms with Crippen LogP contribution in [0.2, 0.25) is 0 Å². The highest BCUT2D eigenvalue weighted by Gasteiger charge is 2.69. The highest BCUT2D eigenvalue weighted by molar-refractivity contribution is 5.77. The molecule has 4 N–H and O–H groups in total. The summed E-state index contributed by atoms with van der Waals surface area (Å²) in [5, 5.41) is 44.6. The summed E-state index contributed by atoms with van der Waals surface area (Å²) in [6.07, 6.45) is -0.939. The van der Waals surface area contributed by atoms with Crippen molar-refractivity contribution < 1.29 is 58.6 Å². The van der Waals surface area contributed by atoms with Crippen molar-refractivity contribution in [2.24, 2.45) is 39.4 Å². The standard InChI is InChI=1S/C40H62O12/c1-21(42)49-32-27(51-33(46)31(45)39(9,48)17-18-41)20-37(7)26-19-29(44)40(10)24(15-16-38(40,8)25(26)12-13-28(37)35(32,3)4)23-11-14-30(36(5,6)47)52-34(23)50-22(2)43/h18,23-24,27-32,34,44-45,47-48H,11-17,19-20H2,1-10H3/t23-,24-,27-,28+,29+,30-,31+,32+,34-,37-,38+,39+,40+/m1/s1. The van der Waals surface area contributed by atoms with Gasteiger partial charge in [-0.3, -0.25) is 9.59 Å². The van der Waals surface area contributed by atoms with Crippen LogP contribution < -0.4 is 0 Å². The summed E-state index contributed by atoms with van der Waals surface area (Å²) in [5.74, 6) is -2.33. The molecule has 12 nitrogen and oxygen atoms in total. The number of carbonyl (C=O) groups excluding carboxylic acids is 4. The molecule has 1 aliphatic heterocycles. The molecule has 0 bridgehead atoms. The number of aliphatic hydroxyl groups is 4. The Morgan fingerprint density at radius 1 is 0.942 bits per heavy atom. The fourth-order valence-electron chi connectivity index (χ4n) is 11.8. The second-order valence-corrected chi connectivity index (χ2v) is 18.6. The first kappa shape index (κ1) is 40.8. The number of aldehydes is 1. The van der Waals surface area contributed by atoms with E-state index < -0.39 is 94.0 Å². The van der Waals surface area contributed by atoms with Crippen LogP contribution in [-0.4, -0.2) is 92.6 Å². The summed E-state index contributed by atoms with van der Waals surface area (Å²) in [6, 6.07) is 0. The maximum atomic E-state index is 13.4. The molecule has 4 aliphatic carbocycles. The SMILES string of the molecule is CC(=O)O[C@@H]1O[C@@H](C(C)(C)O)CC[C@@H]1[C@H]1CC[C@@]2(C)C3=C(C[C@H](O)[C@]12C)[C@@]1(C)C[C@@H](OC(=O)[C@H](O)[C@@](C)(O)CC=O)[C@H](OC(C)=O)C(C)(C)[C@@H]1CC3. The molecule has 2 saturated carbocycles. The molecular formula is C40H62O12. The zero-order valence-corrected chi connectivity index (χ0v) is 32.7. The summed E-state index contributed by atoms with van der Waals surface area (Å²) in [4.78, 5) is 49.3. The summed E-state index contributed by atoms with van der Waals surface area (Å²) < 4.78 is 24.0. The molecule has 3 fully saturated rings. The zero-order chi connectivity index (χ0) is 39.0. The Morgan fingerprint density at radius 3 is 2.15 bits per heavy atom. The molecule has 12 heteroatoms. The quantitative estimate of drug-likeness (QED) is 0.114. The summed E-state index contributed by atoms with van der Waals surface area (Å²) in [6.45, 7) is 17.8. The average molecular weight is 735 g/mol. The third-order valence-electron chi connectivity index (χ3n) is 14.6. The minimum absolute atomic E-state index is 0.0163. The smallest absolute Gasteiger partial charge is 0.338 e. The van der Waals surface area contributed by atoms with Crippen LogP contribution in [0.15, 0.2) is 11.1 Å². The highest BCUT2D eigenvalue weighted by atomic mass is 16.7. The van der Waals surface area contributed by atoms with E-state index in [-0.39, 0.29) is 24.2 Å². The molecule has 52 heavy (non-hydrogen) atoms. The number of esters is 3. The van der Waals surface area contributed by atoms with Gasteiger partial charge in [0.1, 0.15) is 24.1 Å². The fourth-order valence-corrected chi connectivity index (χ4v) is 11.8. The molecule has 294 valence electrons. The van der Waals surface area contributed by atoms with Crippen LogP contribution in [-0.2, 0) is 38.1 Å². The normalized spacial score (nSPS) is 41.7. The molecule has 0 spiro atoms. The Kier molecular flexibility index (Phi) is 10.8. The number of ether oxygens (including phenoxy) is 4. The van der Waals surface area contributed by atoms with Crippen molar-refractivity contribution in [1.82, 2.24) is 0 Å². The molecule has 0 aromatic carbocycles. The second kappa shape index (κ2) is 13.7. The molecule has 5 rings (SSSR count). The first-order chi connectivity index (χ1) is 23.9. The van der Waals surface area contributed by atoms with Gasteiger partial charge in [0, 0.05) is 37.0 Å². The van der Waals surface area contributed by atoms with Gasteiger partial charge in [-0.1, -0.05) is 45.8 Å². The van der Waals surface area contributed by atoms with Gasteiger partial charge in [0.2, 0.25) is 6.29 Å². The largest absolute Gasteiger partial charge is 0.458 e. The number of carbonyl (C=O) groups is 4. The predicted molar refractivity (Wildman–Crippen MR) is 188 cm³/mol. The van der Waals surface area contributed by atoms with E-state index in [0.717, 1.165) is 31.3 Å². The maximum absolute atomic E-state index is 13.4. The van der Waals surface area contributed by atoms with Gasteiger partial charge in [-0.2, -0.15) is 0 Å². The lowest BCUT2D eigenvalue weighted by Gasteiger charge is -2.64. The van der Waals surface area contributed by atoms with Crippen LogP contribution in [0.5, 0.6) is 0 Å². The monoisotopic (exact) mass is 734 g/mol. The topological polar surface area (TPSA) is 186 Å². The Bertz CT molecular complexity index is 1460. The van der Waals surface area contributed by atoms with Crippen LogP contribution in [0.25, 0.3) is 0 Å². The van der Waals surface area contributed by atoms with Gasteiger partial charge >= 0.3 is 17.9 Å². The molecule has 1 heterocycles. The van der Waals surface area contributed by atoms with Gasteiger partial charge in [0.05, 0.1) is 17.8 Å². The Morgan fingerprint density at radius 2 is 1.58 bits per heavy atom. The van der Waals surface area contributed by atoms with Gasteiger partial charge in [-0.15, -0.1) is 0 Å². The summed E-state index contributed by atoms with van der Waals surface area (Å²) in [5.41, 5.74) is -3.05. The lowest BCUT2D eigenvalue weighted by molar-refractivity contribution is -0.261. The highest BCUT2D eigenvalue weighted by Crippen LogP contribution is 2.73. The number of aliphatic hydroxyl groups excluding tert-OH is 2. The van der Waals surface area contributed by atoms with Gasteiger partial charge in [-0.25, -0.2) is 4.79 Å². The summed E-state index contributed by atoms with van der Waals surface area (Å²) >= 11 is 0.